The van der Waals surface area contributed by atoms with Crippen molar-refractivity contribution >= 4 is 0 Å². The first-order valence-corrected chi connectivity index (χ1v) is 8.80. The molecule has 0 aliphatic carbocycles. The first-order valence-electron chi connectivity index (χ1n) is 8.80. The minimum atomic E-state index is 0.108. The Balaban J connectivity index is 2.72. The Hall–Kier alpha value is -1.96. The third-order valence-corrected chi connectivity index (χ3v) is 4.76. The van der Waals surface area contributed by atoms with Crippen LogP contribution >= 0.6 is 0 Å². The molecular weight excluding hydrogens is 296 g/mol. The first-order chi connectivity index (χ1) is 11.1. The van der Waals surface area contributed by atoms with Gasteiger partial charge in [-0.25, -0.2) is 0 Å². The predicted molar refractivity (Wildman–Crippen MR) is 101 cm³/mol. The number of aromatic hydroxyl groups is 2. The lowest BCUT2D eigenvalue weighted by Gasteiger charge is -2.25. The molecule has 2 nitrogen and oxygen atoms in total. The first kappa shape index (κ1) is 18.4. The number of hydrogen-bond donors (Lipinski definition) is 2. The maximum Gasteiger partial charge on any atom is 0.119 e. The van der Waals surface area contributed by atoms with Gasteiger partial charge in [0.1, 0.15) is 11.5 Å². The second kappa shape index (κ2) is 6.88. The quantitative estimate of drug-likeness (QED) is 0.711. The van der Waals surface area contributed by atoms with Crippen LogP contribution in [0.1, 0.15) is 85.8 Å². The molecule has 0 bridgehead atoms. The Morgan fingerprint density at radius 3 is 1.25 bits per heavy atom. The Labute approximate surface area is 146 Å². The summed E-state index contributed by atoms with van der Waals surface area (Å²) in [4.78, 5) is 0. The van der Waals surface area contributed by atoms with Crippen LogP contribution in [0, 0.1) is 13.8 Å². The summed E-state index contributed by atoms with van der Waals surface area (Å²) in [5, 5.41) is 21.0. The van der Waals surface area contributed by atoms with Crippen molar-refractivity contribution in [1.82, 2.24) is 0 Å². The zero-order valence-electron chi connectivity index (χ0n) is 15.9. The van der Waals surface area contributed by atoms with Crippen LogP contribution in [0.4, 0.5) is 0 Å². The SMILES string of the molecule is Cc1cc(O)c(C(C)C)c(C(C)c2cc(C)cc(O)c2C(C)C)c1. The van der Waals surface area contributed by atoms with E-state index in [-0.39, 0.29) is 17.8 Å². The molecule has 0 fully saturated rings. The molecule has 2 aromatic rings. The molecule has 0 aromatic heterocycles. The largest absolute Gasteiger partial charge is 0.508 e. The standard InChI is InChI=1S/C22H30O2/c1-12(2)21-17(8-14(5)10-19(21)23)16(7)18-9-15(6)11-20(24)22(18)13(3)4/h8-13,16,23-24H,1-7H3. The van der Waals surface area contributed by atoms with E-state index in [9.17, 15) is 10.2 Å². The molecule has 0 spiro atoms. The average Bonchev–Trinajstić information content (AvgIpc) is 2.43. The van der Waals surface area contributed by atoms with Gasteiger partial charge in [-0.1, -0.05) is 46.8 Å². The molecule has 2 rings (SSSR count). The van der Waals surface area contributed by atoms with E-state index in [1.165, 1.54) is 0 Å². The van der Waals surface area contributed by atoms with Gasteiger partial charge in [-0.05, 0) is 60.1 Å². The van der Waals surface area contributed by atoms with Crippen molar-refractivity contribution in [3.05, 3.63) is 57.6 Å². The van der Waals surface area contributed by atoms with Gasteiger partial charge in [0.05, 0.1) is 0 Å². The molecule has 0 saturated carbocycles. The Morgan fingerprint density at radius 1 is 0.625 bits per heavy atom. The van der Waals surface area contributed by atoms with Crippen LogP contribution in [-0.2, 0) is 0 Å². The molecule has 24 heavy (non-hydrogen) atoms. The number of aryl methyl sites for hydroxylation is 2. The van der Waals surface area contributed by atoms with Gasteiger partial charge in [0.2, 0.25) is 0 Å². The lowest BCUT2D eigenvalue weighted by molar-refractivity contribution is 0.460. The molecule has 0 amide bonds. The Bertz CT molecular complexity index is 679. The lowest BCUT2D eigenvalue weighted by atomic mass is 9.80. The van der Waals surface area contributed by atoms with Gasteiger partial charge in [0.25, 0.3) is 0 Å². The van der Waals surface area contributed by atoms with E-state index in [0.717, 1.165) is 33.4 Å². The normalized spacial score (nSPS) is 11.8. The average molecular weight is 326 g/mol. The summed E-state index contributed by atoms with van der Waals surface area (Å²) in [6, 6.07) is 8.01. The summed E-state index contributed by atoms with van der Waals surface area (Å²) < 4.78 is 0. The molecule has 2 N–H and O–H groups in total. The van der Waals surface area contributed by atoms with Crippen molar-refractivity contribution in [2.24, 2.45) is 0 Å². The Morgan fingerprint density at radius 2 is 0.958 bits per heavy atom. The van der Waals surface area contributed by atoms with Gasteiger partial charge >= 0.3 is 0 Å². The van der Waals surface area contributed by atoms with E-state index in [1.807, 2.05) is 26.0 Å². The van der Waals surface area contributed by atoms with E-state index in [2.05, 4.69) is 46.8 Å². The lowest BCUT2D eigenvalue weighted by Crippen LogP contribution is -2.08. The smallest absolute Gasteiger partial charge is 0.119 e. The molecule has 0 saturated heterocycles. The van der Waals surface area contributed by atoms with E-state index in [1.54, 1.807) is 0 Å². The second-order valence-corrected chi connectivity index (χ2v) is 7.60. The Kier molecular flexibility index (Phi) is 5.27. The minimum Gasteiger partial charge on any atom is -0.508 e. The molecule has 0 aliphatic heterocycles. The number of hydrogen-bond acceptors (Lipinski definition) is 2. The van der Waals surface area contributed by atoms with Gasteiger partial charge in [-0.2, -0.15) is 0 Å². The van der Waals surface area contributed by atoms with Crippen LogP contribution in [0.2, 0.25) is 0 Å². The van der Waals surface area contributed by atoms with Crippen LogP contribution in [0.5, 0.6) is 11.5 Å². The van der Waals surface area contributed by atoms with Crippen LogP contribution in [-0.4, -0.2) is 10.2 Å². The molecule has 0 heterocycles. The maximum absolute atomic E-state index is 10.5. The predicted octanol–water partition coefficient (Wildman–Crippen LogP) is 6.11. The monoisotopic (exact) mass is 326 g/mol. The van der Waals surface area contributed by atoms with E-state index in [4.69, 9.17) is 0 Å². The third kappa shape index (κ3) is 3.43. The van der Waals surface area contributed by atoms with Crippen LogP contribution < -0.4 is 0 Å². The second-order valence-electron chi connectivity index (χ2n) is 7.60. The molecule has 0 radical (unpaired) electrons. The van der Waals surface area contributed by atoms with Crippen LogP contribution in [0.15, 0.2) is 24.3 Å². The molecule has 0 aliphatic rings. The molecule has 130 valence electrons. The number of benzene rings is 2. The number of phenolic OH excluding ortho intramolecular Hbond substituents is 2. The van der Waals surface area contributed by atoms with Crippen molar-refractivity contribution in [3.8, 4) is 11.5 Å². The van der Waals surface area contributed by atoms with Crippen molar-refractivity contribution in [3.63, 3.8) is 0 Å². The summed E-state index contributed by atoms with van der Waals surface area (Å²) in [5.74, 6) is 1.33. The highest BCUT2D eigenvalue weighted by Gasteiger charge is 2.23. The van der Waals surface area contributed by atoms with Crippen molar-refractivity contribution in [2.75, 3.05) is 0 Å². The van der Waals surface area contributed by atoms with E-state index in [0.29, 0.717) is 11.5 Å². The minimum absolute atomic E-state index is 0.108. The summed E-state index contributed by atoms with van der Waals surface area (Å²) >= 11 is 0. The maximum atomic E-state index is 10.5. The highest BCUT2D eigenvalue weighted by molar-refractivity contribution is 5.53. The molecule has 0 unspecified atom stereocenters. The van der Waals surface area contributed by atoms with Gasteiger partial charge in [0.15, 0.2) is 0 Å². The molecular formula is C22H30O2. The summed E-state index contributed by atoms with van der Waals surface area (Å²) in [5.41, 5.74) is 6.42. The highest BCUT2D eigenvalue weighted by Crippen LogP contribution is 2.41. The van der Waals surface area contributed by atoms with Crippen molar-refractivity contribution < 1.29 is 10.2 Å². The van der Waals surface area contributed by atoms with E-state index >= 15 is 0 Å². The van der Waals surface area contributed by atoms with Crippen molar-refractivity contribution in [2.45, 2.75) is 66.2 Å². The van der Waals surface area contributed by atoms with Gasteiger partial charge < -0.3 is 10.2 Å². The van der Waals surface area contributed by atoms with Gasteiger partial charge in [-0.3, -0.25) is 0 Å². The summed E-state index contributed by atoms with van der Waals surface area (Å²) in [7, 11) is 0. The molecule has 0 atom stereocenters. The van der Waals surface area contributed by atoms with Crippen LogP contribution in [0.3, 0.4) is 0 Å². The third-order valence-electron chi connectivity index (χ3n) is 4.76. The fourth-order valence-corrected chi connectivity index (χ4v) is 3.75. The van der Waals surface area contributed by atoms with E-state index < -0.39 is 0 Å². The molecule has 2 aromatic carbocycles. The topological polar surface area (TPSA) is 40.5 Å². The van der Waals surface area contributed by atoms with Gasteiger partial charge in [-0.15, -0.1) is 0 Å². The summed E-state index contributed by atoms with van der Waals surface area (Å²) in [6.45, 7) is 14.6. The zero-order chi connectivity index (χ0) is 18.2. The highest BCUT2D eigenvalue weighted by atomic mass is 16.3. The summed E-state index contributed by atoms with van der Waals surface area (Å²) in [6.07, 6.45) is 0. The fourth-order valence-electron chi connectivity index (χ4n) is 3.75. The van der Waals surface area contributed by atoms with Crippen LogP contribution in [0.25, 0.3) is 0 Å². The number of phenols is 2. The number of rotatable bonds is 4. The molecule has 2 heteroatoms. The zero-order valence-corrected chi connectivity index (χ0v) is 15.9. The van der Waals surface area contributed by atoms with Crippen molar-refractivity contribution in [1.29, 1.82) is 0 Å². The fraction of sp³-hybridized carbons (Fsp3) is 0.455. The van der Waals surface area contributed by atoms with Gasteiger partial charge in [0, 0.05) is 17.0 Å².